The average molecular weight is 423 g/mol. The number of urea groups is 1. The van der Waals surface area contributed by atoms with Crippen LogP contribution in [0.5, 0.6) is 11.5 Å². The second kappa shape index (κ2) is 8.67. The topological polar surface area (TPSA) is 50.8 Å². The van der Waals surface area contributed by atoms with Crippen LogP contribution >= 0.6 is 11.6 Å². The number of carbonyl (C=O) groups is 1. The number of fused-ring (bicyclic) bond motifs is 1. The smallest absolute Gasteiger partial charge is 0.322 e. The Hall–Kier alpha value is -3.18. The molecule has 0 aromatic heterocycles. The Morgan fingerprint density at radius 3 is 2.53 bits per heavy atom. The first-order valence-corrected chi connectivity index (χ1v) is 10.1. The van der Waals surface area contributed by atoms with E-state index in [4.69, 9.17) is 21.1 Å². The van der Waals surface area contributed by atoms with Gasteiger partial charge in [-0.1, -0.05) is 48.0 Å². The minimum Gasteiger partial charge on any atom is -0.497 e. The molecule has 1 aliphatic rings. The van der Waals surface area contributed by atoms with Crippen molar-refractivity contribution in [2.75, 3.05) is 26.1 Å². The fraction of sp³-hybridized carbons (Fsp3) is 0.208. The third-order valence-electron chi connectivity index (χ3n) is 5.38. The van der Waals surface area contributed by atoms with Crippen molar-refractivity contribution in [3.63, 3.8) is 0 Å². The van der Waals surface area contributed by atoms with E-state index < -0.39 is 0 Å². The average Bonchev–Trinajstić information content (AvgIpc) is 2.79. The van der Waals surface area contributed by atoms with Gasteiger partial charge in [0.1, 0.15) is 11.5 Å². The van der Waals surface area contributed by atoms with Crippen LogP contribution < -0.4 is 14.8 Å². The van der Waals surface area contributed by atoms with E-state index in [1.165, 1.54) is 5.56 Å². The first-order valence-electron chi connectivity index (χ1n) is 9.73. The van der Waals surface area contributed by atoms with Crippen molar-refractivity contribution in [3.8, 4) is 11.5 Å². The molecule has 1 atom stereocenters. The highest BCUT2D eigenvalue weighted by atomic mass is 35.5. The summed E-state index contributed by atoms with van der Waals surface area (Å²) in [6.45, 7) is 0.606. The number of hydrogen-bond acceptors (Lipinski definition) is 3. The lowest BCUT2D eigenvalue weighted by Gasteiger charge is -2.37. The zero-order valence-corrected chi connectivity index (χ0v) is 17.6. The predicted molar refractivity (Wildman–Crippen MR) is 119 cm³/mol. The normalized spacial score (nSPS) is 15.3. The van der Waals surface area contributed by atoms with Crippen molar-refractivity contribution >= 4 is 23.3 Å². The lowest BCUT2D eigenvalue weighted by Crippen LogP contribution is -2.43. The minimum atomic E-state index is -0.198. The number of anilines is 1. The first kappa shape index (κ1) is 20.1. The van der Waals surface area contributed by atoms with Crippen molar-refractivity contribution in [1.82, 2.24) is 4.90 Å². The molecule has 0 radical (unpaired) electrons. The summed E-state index contributed by atoms with van der Waals surface area (Å²) in [5, 5.41) is 3.67. The van der Waals surface area contributed by atoms with Crippen molar-refractivity contribution in [2.24, 2.45) is 0 Å². The van der Waals surface area contributed by atoms with Crippen LogP contribution in [0.3, 0.4) is 0 Å². The van der Waals surface area contributed by atoms with E-state index in [0.717, 1.165) is 17.5 Å². The van der Waals surface area contributed by atoms with Gasteiger partial charge in [0.2, 0.25) is 0 Å². The Morgan fingerprint density at radius 2 is 1.80 bits per heavy atom. The summed E-state index contributed by atoms with van der Waals surface area (Å²) in [5.41, 5.74) is 3.99. The zero-order valence-electron chi connectivity index (χ0n) is 16.9. The summed E-state index contributed by atoms with van der Waals surface area (Å²) in [4.78, 5) is 15.2. The van der Waals surface area contributed by atoms with Crippen LogP contribution in [0.15, 0.2) is 66.7 Å². The molecular weight excluding hydrogens is 400 g/mol. The monoisotopic (exact) mass is 422 g/mol. The Labute approximate surface area is 181 Å². The second-order valence-corrected chi connectivity index (χ2v) is 7.53. The van der Waals surface area contributed by atoms with Crippen molar-refractivity contribution < 1.29 is 14.3 Å². The highest BCUT2D eigenvalue weighted by Gasteiger charge is 2.32. The van der Waals surface area contributed by atoms with Gasteiger partial charge in [-0.25, -0.2) is 4.79 Å². The molecule has 1 N–H and O–H groups in total. The van der Waals surface area contributed by atoms with Crippen molar-refractivity contribution in [1.29, 1.82) is 0 Å². The molecule has 0 aliphatic carbocycles. The quantitative estimate of drug-likeness (QED) is 0.600. The molecule has 0 bridgehead atoms. The van der Waals surface area contributed by atoms with E-state index in [2.05, 4.69) is 17.4 Å². The minimum absolute atomic E-state index is 0.187. The molecule has 30 heavy (non-hydrogen) atoms. The van der Waals surface area contributed by atoms with E-state index in [1.54, 1.807) is 32.4 Å². The summed E-state index contributed by atoms with van der Waals surface area (Å²) in [6.07, 6.45) is 0.799. The Balaban J connectivity index is 1.68. The SMILES string of the molecule is COc1ccc(NC(=O)N2CCc3ccccc3[C@@H]2c2ccc(Cl)cc2)c(OC)c1. The van der Waals surface area contributed by atoms with Gasteiger partial charge in [0.05, 0.1) is 25.9 Å². The number of halogens is 1. The Kier molecular flexibility index (Phi) is 5.81. The molecule has 1 heterocycles. The lowest BCUT2D eigenvalue weighted by atomic mass is 9.88. The molecule has 1 aliphatic heterocycles. The number of ether oxygens (including phenoxy) is 2. The van der Waals surface area contributed by atoms with Crippen LogP contribution in [0.25, 0.3) is 0 Å². The maximum atomic E-state index is 13.4. The number of hydrogen-bond donors (Lipinski definition) is 1. The van der Waals surface area contributed by atoms with E-state index in [1.807, 2.05) is 41.3 Å². The number of carbonyl (C=O) groups excluding carboxylic acids is 1. The molecule has 2 amide bonds. The standard InChI is InChI=1S/C24H23ClN2O3/c1-29-19-11-12-21(22(15-19)30-2)26-24(28)27-14-13-16-5-3-4-6-20(16)23(27)17-7-9-18(25)10-8-17/h3-12,15,23H,13-14H2,1-2H3,(H,26,28)/t23-/m0/s1. The largest absolute Gasteiger partial charge is 0.497 e. The fourth-order valence-electron chi connectivity index (χ4n) is 3.88. The van der Waals surface area contributed by atoms with Gasteiger partial charge in [-0.3, -0.25) is 0 Å². The molecule has 154 valence electrons. The number of rotatable bonds is 4. The molecule has 0 spiro atoms. The number of nitrogens with one attached hydrogen (secondary N) is 1. The third kappa shape index (κ3) is 3.94. The van der Waals surface area contributed by atoms with Crippen LogP contribution in [0.4, 0.5) is 10.5 Å². The van der Waals surface area contributed by atoms with E-state index in [-0.39, 0.29) is 12.1 Å². The molecule has 6 heteroatoms. The van der Waals surface area contributed by atoms with Gasteiger partial charge in [0.15, 0.2) is 0 Å². The van der Waals surface area contributed by atoms with Crippen LogP contribution in [0.1, 0.15) is 22.7 Å². The molecule has 0 unspecified atom stereocenters. The van der Waals surface area contributed by atoms with E-state index in [0.29, 0.717) is 28.8 Å². The number of amides is 2. The molecule has 4 rings (SSSR count). The third-order valence-corrected chi connectivity index (χ3v) is 5.63. The van der Waals surface area contributed by atoms with Crippen LogP contribution in [0.2, 0.25) is 5.02 Å². The van der Waals surface area contributed by atoms with Crippen LogP contribution in [-0.2, 0) is 6.42 Å². The summed E-state index contributed by atoms with van der Waals surface area (Å²) >= 11 is 6.10. The second-order valence-electron chi connectivity index (χ2n) is 7.09. The summed E-state index contributed by atoms with van der Waals surface area (Å²) in [6, 6.07) is 20.9. The maximum absolute atomic E-state index is 13.4. The zero-order chi connectivity index (χ0) is 21.1. The first-order chi connectivity index (χ1) is 14.6. The highest BCUT2D eigenvalue weighted by molar-refractivity contribution is 6.30. The maximum Gasteiger partial charge on any atom is 0.322 e. The predicted octanol–water partition coefficient (Wildman–Crippen LogP) is 5.54. The number of methoxy groups -OCH3 is 2. The Morgan fingerprint density at radius 1 is 1.03 bits per heavy atom. The van der Waals surface area contributed by atoms with Gasteiger partial charge in [0, 0.05) is 17.6 Å². The molecule has 0 saturated carbocycles. The highest BCUT2D eigenvalue weighted by Crippen LogP contribution is 2.37. The van der Waals surface area contributed by atoms with Gasteiger partial charge >= 0.3 is 6.03 Å². The van der Waals surface area contributed by atoms with Gasteiger partial charge in [0.25, 0.3) is 0 Å². The summed E-state index contributed by atoms with van der Waals surface area (Å²) in [5.74, 6) is 1.21. The number of benzene rings is 3. The molecular formula is C24H23ClN2O3. The van der Waals surface area contributed by atoms with Crippen LogP contribution in [-0.4, -0.2) is 31.7 Å². The van der Waals surface area contributed by atoms with Gasteiger partial charge in [-0.05, 0) is 47.4 Å². The lowest BCUT2D eigenvalue weighted by molar-refractivity contribution is 0.194. The summed E-state index contributed by atoms with van der Waals surface area (Å²) < 4.78 is 10.7. The van der Waals surface area contributed by atoms with Crippen molar-refractivity contribution in [3.05, 3.63) is 88.4 Å². The van der Waals surface area contributed by atoms with Crippen LogP contribution in [0, 0.1) is 0 Å². The van der Waals surface area contributed by atoms with Gasteiger partial charge in [-0.15, -0.1) is 0 Å². The Bertz CT molecular complexity index is 1050. The fourth-order valence-corrected chi connectivity index (χ4v) is 4.00. The molecule has 3 aromatic carbocycles. The van der Waals surface area contributed by atoms with Crippen molar-refractivity contribution in [2.45, 2.75) is 12.5 Å². The van der Waals surface area contributed by atoms with Gasteiger partial charge in [-0.2, -0.15) is 0 Å². The van der Waals surface area contributed by atoms with E-state index in [9.17, 15) is 4.79 Å². The number of nitrogens with zero attached hydrogens (tertiary/aromatic N) is 1. The van der Waals surface area contributed by atoms with Gasteiger partial charge < -0.3 is 19.7 Å². The van der Waals surface area contributed by atoms with E-state index >= 15 is 0 Å². The molecule has 5 nitrogen and oxygen atoms in total. The summed E-state index contributed by atoms with van der Waals surface area (Å²) in [7, 11) is 3.16. The molecule has 0 fully saturated rings. The molecule has 0 saturated heterocycles. The molecule has 3 aromatic rings.